The Morgan fingerprint density at radius 1 is 1.33 bits per heavy atom. The molecule has 0 radical (unpaired) electrons. The molecule has 0 unspecified atom stereocenters. The van der Waals surface area contributed by atoms with Crippen LogP contribution in [0.25, 0.3) is 0 Å². The molecule has 0 saturated carbocycles. The summed E-state index contributed by atoms with van der Waals surface area (Å²) in [5.74, 6) is -0.0837. The highest BCUT2D eigenvalue weighted by Crippen LogP contribution is 2.36. The Labute approximate surface area is 129 Å². The highest BCUT2D eigenvalue weighted by molar-refractivity contribution is 7.99. The van der Waals surface area contributed by atoms with E-state index in [1.54, 1.807) is 11.8 Å². The van der Waals surface area contributed by atoms with E-state index < -0.39 is 0 Å². The molecule has 0 fully saturated rings. The van der Waals surface area contributed by atoms with E-state index >= 15 is 0 Å². The van der Waals surface area contributed by atoms with Crippen molar-refractivity contribution < 1.29 is 9.53 Å². The van der Waals surface area contributed by atoms with Crippen molar-refractivity contribution in [1.82, 2.24) is 9.55 Å². The smallest absolute Gasteiger partial charge is 0.310 e. The first-order valence-electron chi connectivity index (χ1n) is 7.04. The summed E-state index contributed by atoms with van der Waals surface area (Å²) >= 11 is 1.65. The predicted octanol–water partition coefficient (Wildman–Crippen LogP) is 4.10. The molecule has 0 atom stereocenters. The highest BCUT2D eigenvalue weighted by Gasteiger charge is 2.21. The van der Waals surface area contributed by atoms with Crippen molar-refractivity contribution >= 4 is 17.7 Å². The second kappa shape index (κ2) is 6.80. The van der Waals surface area contributed by atoms with Crippen LogP contribution in [0.5, 0.6) is 6.01 Å². The third-order valence-corrected chi connectivity index (χ3v) is 4.10. The van der Waals surface area contributed by atoms with E-state index in [4.69, 9.17) is 4.74 Å². The molecule has 0 aliphatic carbocycles. The zero-order valence-corrected chi connectivity index (χ0v) is 13.6. The first-order valence-corrected chi connectivity index (χ1v) is 7.86. The van der Waals surface area contributed by atoms with E-state index in [0.29, 0.717) is 12.6 Å². The Morgan fingerprint density at radius 3 is 2.52 bits per heavy atom. The topological polar surface area (TPSA) is 44.1 Å². The first kappa shape index (κ1) is 15.6. The quantitative estimate of drug-likeness (QED) is 0.780. The lowest BCUT2D eigenvalue weighted by Crippen LogP contribution is -2.08. The molecule has 0 bridgehead atoms. The van der Waals surface area contributed by atoms with Crippen LogP contribution in [-0.4, -0.2) is 15.5 Å². The second-order valence-corrected chi connectivity index (χ2v) is 6.05. The van der Waals surface area contributed by atoms with Gasteiger partial charge in [0.25, 0.3) is 0 Å². The summed E-state index contributed by atoms with van der Waals surface area (Å²) in [7, 11) is 0. The van der Waals surface area contributed by atoms with Gasteiger partial charge < -0.3 is 4.74 Å². The fourth-order valence-corrected chi connectivity index (χ4v) is 3.23. The number of esters is 1. The van der Waals surface area contributed by atoms with Gasteiger partial charge in [0.15, 0.2) is 0 Å². The average Bonchev–Trinajstić information content (AvgIpc) is 2.77. The fraction of sp³-hybridized carbons (Fsp3) is 0.375. The largest absolute Gasteiger partial charge is 0.392 e. The van der Waals surface area contributed by atoms with Crippen molar-refractivity contribution in [3.63, 3.8) is 0 Å². The Kier molecular flexibility index (Phi) is 5.07. The molecule has 2 rings (SSSR count). The summed E-state index contributed by atoms with van der Waals surface area (Å²) in [5, 5.41) is 1.04. The number of benzene rings is 1. The summed E-state index contributed by atoms with van der Waals surface area (Å²) < 4.78 is 7.20. The van der Waals surface area contributed by atoms with Crippen LogP contribution in [0.15, 0.2) is 40.3 Å². The summed E-state index contributed by atoms with van der Waals surface area (Å²) in [6, 6.07) is 10.5. The van der Waals surface area contributed by atoms with Gasteiger partial charge in [0.1, 0.15) is 5.03 Å². The first-order chi connectivity index (χ1) is 10.0. The Hall–Kier alpha value is -1.75. The fourth-order valence-electron chi connectivity index (χ4n) is 2.01. The summed E-state index contributed by atoms with van der Waals surface area (Å²) in [4.78, 5) is 16.9. The van der Waals surface area contributed by atoms with Gasteiger partial charge in [0.05, 0.1) is 5.69 Å². The number of hydrogen-bond donors (Lipinski definition) is 0. The van der Waals surface area contributed by atoms with Crippen molar-refractivity contribution in [2.75, 3.05) is 0 Å². The zero-order valence-electron chi connectivity index (χ0n) is 12.8. The van der Waals surface area contributed by atoms with Crippen LogP contribution in [0.3, 0.4) is 0 Å². The molecular weight excluding hydrogens is 284 g/mol. The third-order valence-electron chi connectivity index (χ3n) is 2.97. The second-order valence-electron chi connectivity index (χ2n) is 4.99. The lowest BCUT2D eigenvalue weighted by molar-refractivity contribution is -0.132. The monoisotopic (exact) mass is 304 g/mol. The number of ether oxygens (including phenoxy) is 1. The van der Waals surface area contributed by atoms with Gasteiger partial charge in [0.2, 0.25) is 0 Å². The number of rotatable bonds is 5. The van der Waals surface area contributed by atoms with Crippen molar-refractivity contribution in [2.24, 2.45) is 0 Å². The molecule has 1 aromatic heterocycles. The van der Waals surface area contributed by atoms with Crippen LogP contribution >= 0.6 is 11.8 Å². The van der Waals surface area contributed by atoms with Crippen LogP contribution in [0, 0.1) is 0 Å². The number of carbonyl (C=O) groups is 1. The van der Waals surface area contributed by atoms with Crippen LogP contribution in [-0.2, 0) is 11.3 Å². The van der Waals surface area contributed by atoms with E-state index in [0.717, 1.165) is 15.6 Å². The van der Waals surface area contributed by atoms with Crippen molar-refractivity contribution in [2.45, 2.75) is 50.1 Å². The van der Waals surface area contributed by atoms with Crippen LogP contribution < -0.4 is 4.74 Å². The van der Waals surface area contributed by atoms with Gasteiger partial charge >= 0.3 is 12.0 Å². The third kappa shape index (κ3) is 3.67. The number of hydrogen-bond acceptors (Lipinski definition) is 4. The lowest BCUT2D eigenvalue weighted by atomic mass is 10.1. The van der Waals surface area contributed by atoms with Gasteiger partial charge in [-0.1, -0.05) is 43.8 Å². The standard InChI is InChI=1S/C16H20N2O2S/c1-5-18-15(21-13-9-7-6-8-10-13)14(11(2)3)17-16(18)20-12(4)19/h6-11H,5H2,1-4H3. The minimum Gasteiger partial charge on any atom is -0.392 e. The van der Waals surface area contributed by atoms with Crippen LogP contribution in [0.2, 0.25) is 0 Å². The molecule has 0 aliphatic heterocycles. The van der Waals surface area contributed by atoms with E-state index in [9.17, 15) is 4.79 Å². The maximum absolute atomic E-state index is 11.2. The van der Waals surface area contributed by atoms with Crippen molar-refractivity contribution in [3.8, 4) is 6.01 Å². The summed E-state index contributed by atoms with van der Waals surface area (Å²) in [6.07, 6.45) is 0. The van der Waals surface area contributed by atoms with Gasteiger partial charge in [-0.25, -0.2) is 0 Å². The normalized spacial score (nSPS) is 10.9. The SMILES string of the molecule is CCn1c(OC(C)=O)nc(C(C)C)c1Sc1ccccc1. The zero-order chi connectivity index (χ0) is 15.4. The van der Waals surface area contributed by atoms with E-state index in [2.05, 4.69) is 31.0 Å². The van der Waals surface area contributed by atoms with E-state index in [-0.39, 0.29) is 11.9 Å². The minimum absolute atomic E-state index is 0.262. The number of imidazole rings is 1. The number of carbonyl (C=O) groups excluding carboxylic acids is 1. The molecule has 112 valence electrons. The molecule has 1 aromatic carbocycles. The maximum Gasteiger partial charge on any atom is 0.310 e. The molecule has 21 heavy (non-hydrogen) atoms. The summed E-state index contributed by atoms with van der Waals surface area (Å²) in [6.45, 7) is 8.31. The Balaban J connectivity index is 2.45. The lowest BCUT2D eigenvalue weighted by Gasteiger charge is -2.10. The van der Waals surface area contributed by atoms with Gasteiger partial charge in [-0.05, 0) is 25.0 Å². The molecule has 0 amide bonds. The highest BCUT2D eigenvalue weighted by atomic mass is 32.2. The van der Waals surface area contributed by atoms with Gasteiger partial charge in [-0.2, -0.15) is 4.98 Å². The Bertz CT molecular complexity index is 621. The number of nitrogens with zero attached hydrogens (tertiary/aromatic N) is 2. The molecular formula is C16H20N2O2S. The predicted molar refractivity (Wildman–Crippen MR) is 83.9 cm³/mol. The van der Waals surface area contributed by atoms with Crippen molar-refractivity contribution in [3.05, 3.63) is 36.0 Å². The summed E-state index contributed by atoms with van der Waals surface area (Å²) in [5.41, 5.74) is 0.960. The number of aromatic nitrogens is 2. The molecule has 5 heteroatoms. The van der Waals surface area contributed by atoms with Gasteiger partial charge in [-0.15, -0.1) is 0 Å². The van der Waals surface area contributed by atoms with E-state index in [1.165, 1.54) is 6.92 Å². The molecule has 0 spiro atoms. The van der Waals surface area contributed by atoms with Gasteiger partial charge in [-0.3, -0.25) is 9.36 Å². The minimum atomic E-state index is -0.346. The average molecular weight is 304 g/mol. The molecule has 0 N–H and O–H groups in total. The molecule has 0 saturated heterocycles. The van der Waals surface area contributed by atoms with Gasteiger partial charge in [0, 0.05) is 18.4 Å². The molecule has 2 aromatic rings. The Morgan fingerprint density at radius 2 is 2.00 bits per heavy atom. The molecule has 1 heterocycles. The van der Waals surface area contributed by atoms with Crippen LogP contribution in [0.4, 0.5) is 0 Å². The molecule has 0 aliphatic rings. The van der Waals surface area contributed by atoms with Crippen molar-refractivity contribution in [1.29, 1.82) is 0 Å². The molecule has 4 nitrogen and oxygen atoms in total. The van der Waals surface area contributed by atoms with Crippen LogP contribution in [0.1, 0.15) is 39.3 Å². The van der Waals surface area contributed by atoms with E-state index in [1.807, 2.05) is 29.7 Å². The maximum atomic E-state index is 11.2.